The van der Waals surface area contributed by atoms with Crippen molar-refractivity contribution < 1.29 is 38.2 Å². The summed E-state index contributed by atoms with van der Waals surface area (Å²) in [5, 5.41) is 8.71. The number of carbonyl (C=O) groups excluding carboxylic acids is 5. The first kappa shape index (κ1) is 39.6. The number of methoxy groups -OCH3 is 2. The Morgan fingerprint density at radius 3 is 2.40 bits per heavy atom. The summed E-state index contributed by atoms with van der Waals surface area (Å²) in [6, 6.07) is 11.0. The molecule has 3 rings (SSSR count). The van der Waals surface area contributed by atoms with Gasteiger partial charge in [0, 0.05) is 40.0 Å². The molecule has 0 bridgehead atoms. The van der Waals surface area contributed by atoms with E-state index in [9.17, 15) is 24.0 Å². The van der Waals surface area contributed by atoms with Crippen LogP contribution in [0.5, 0.6) is 17.2 Å². The zero-order chi connectivity index (χ0) is 36.6. The molecule has 0 fully saturated rings. The molecule has 13 nitrogen and oxygen atoms in total. The fourth-order valence-electron chi connectivity index (χ4n) is 5.69. The number of nitrogens with one attached hydrogen (secondary N) is 3. The van der Waals surface area contributed by atoms with Crippen LogP contribution in [0.3, 0.4) is 0 Å². The molecule has 2 aromatic rings. The number of ether oxygens (including phenoxy) is 3. The monoisotopic (exact) mass is 695 g/mol. The number of fused-ring (bicyclic) bond motifs is 1. The molecule has 0 saturated carbocycles. The highest BCUT2D eigenvalue weighted by Gasteiger charge is 2.26. The van der Waals surface area contributed by atoms with Gasteiger partial charge in [-0.1, -0.05) is 32.0 Å². The average molecular weight is 696 g/mol. The molecule has 0 aliphatic carbocycles. The van der Waals surface area contributed by atoms with Gasteiger partial charge in [-0.3, -0.25) is 24.0 Å². The van der Waals surface area contributed by atoms with Gasteiger partial charge in [0.25, 0.3) is 5.91 Å². The van der Waals surface area contributed by atoms with Crippen LogP contribution in [0.2, 0.25) is 0 Å². The lowest BCUT2D eigenvalue weighted by molar-refractivity contribution is -0.135. The van der Waals surface area contributed by atoms with Crippen molar-refractivity contribution in [2.24, 2.45) is 5.92 Å². The number of benzene rings is 2. The number of carbonyl (C=O) groups is 5. The van der Waals surface area contributed by atoms with Crippen molar-refractivity contribution in [1.29, 1.82) is 0 Å². The molecule has 0 radical (unpaired) electrons. The third-order valence-electron chi connectivity index (χ3n) is 8.47. The summed E-state index contributed by atoms with van der Waals surface area (Å²) < 4.78 is 16.8. The number of likely N-dealkylation sites (N-methyl/N-ethyl adjacent to an activating group) is 1. The first-order valence-corrected chi connectivity index (χ1v) is 17.2. The van der Waals surface area contributed by atoms with Gasteiger partial charge in [-0.2, -0.15) is 0 Å². The Hall–Kier alpha value is -4.81. The highest BCUT2D eigenvalue weighted by atomic mass is 16.5. The molecule has 50 heavy (non-hydrogen) atoms. The van der Waals surface area contributed by atoms with Crippen LogP contribution in [0, 0.1) is 5.92 Å². The highest BCUT2D eigenvalue weighted by Crippen LogP contribution is 2.28. The van der Waals surface area contributed by atoms with Crippen LogP contribution in [-0.4, -0.2) is 106 Å². The zero-order valence-electron chi connectivity index (χ0n) is 30.2. The van der Waals surface area contributed by atoms with E-state index in [4.69, 9.17) is 14.2 Å². The van der Waals surface area contributed by atoms with Gasteiger partial charge in [-0.05, 0) is 67.9 Å². The minimum Gasteiger partial charge on any atom is -0.493 e. The van der Waals surface area contributed by atoms with Crippen molar-refractivity contribution in [1.82, 2.24) is 25.8 Å². The molecular formula is C37H53N5O8. The predicted octanol–water partition coefficient (Wildman–Crippen LogP) is 2.95. The second-order valence-corrected chi connectivity index (χ2v) is 13.0. The van der Waals surface area contributed by atoms with Crippen molar-refractivity contribution in [3.8, 4) is 17.2 Å². The Balaban J connectivity index is 1.78. The maximum atomic E-state index is 13.7. The molecule has 274 valence electrons. The van der Waals surface area contributed by atoms with Gasteiger partial charge >= 0.3 is 0 Å². The van der Waals surface area contributed by atoms with Crippen molar-refractivity contribution in [2.45, 2.75) is 70.9 Å². The van der Waals surface area contributed by atoms with E-state index < -0.39 is 17.9 Å². The summed E-state index contributed by atoms with van der Waals surface area (Å²) in [4.78, 5) is 68.7. The smallest absolute Gasteiger partial charge is 0.255 e. The number of hydrogen-bond acceptors (Lipinski definition) is 8. The van der Waals surface area contributed by atoms with E-state index in [1.54, 1.807) is 52.6 Å². The minimum atomic E-state index is -0.997. The molecule has 1 aliphatic heterocycles. The summed E-state index contributed by atoms with van der Waals surface area (Å²) in [7, 11) is 6.37. The summed E-state index contributed by atoms with van der Waals surface area (Å²) in [5.74, 6) is 0.114. The largest absolute Gasteiger partial charge is 0.493 e. The van der Waals surface area contributed by atoms with Crippen molar-refractivity contribution >= 4 is 29.5 Å². The van der Waals surface area contributed by atoms with Crippen molar-refractivity contribution in [3.05, 3.63) is 53.6 Å². The van der Waals surface area contributed by atoms with E-state index in [-0.39, 0.29) is 67.7 Å². The van der Waals surface area contributed by atoms with Gasteiger partial charge < -0.3 is 40.0 Å². The molecule has 1 aliphatic rings. The van der Waals surface area contributed by atoms with Crippen LogP contribution in [-0.2, 0) is 25.6 Å². The molecule has 1 heterocycles. The van der Waals surface area contributed by atoms with E-state index in [0.29, 0.717) is 56.0 Å². The SMILES string of the molecule is COc1ccc(CCCNC(=O)[C@@H]2CCC(=O)N(C)CCCC(=O)N(C)CC(=O)N[C@@H](CC(C)C)COc3ccccc3C(=O)N2)cc1OC. The van der Waals surface area contributed by atoms with Crippen LogP contribution >= 0.6 is 0 Å². The molecule has 0 spiro atoms. The lowest BCUT2D eigenvalue weighted by Gasteiger charge is -2.25. The van der Waals surface area contributed by atoms with Gasteiger partial charge in [0.05, 0.1) is 32.4 Å². The number of hydrogen-bond donors (Lipinski definition) is 3. The number of aryl methyl sites for hydroxylation is 1. The predicted molar refractivity (Wildman–Crippen MR) is 189 cm³/mol. The quantitative estimate of drug-likeness (QED) is 0.339. The van der Waals surface area contributed by atoms with E-state index >= 15 is 0 Å². The molecule has 13 heteroatoms. The molecule has 2 atom stereocenters. The maximum Gasteiger partial charge on any atom is 0.255 e. The number of amides is 5. The summed E-state index contributed by atoms with van der Waals surface area (Å²) in [5.41, 5.74) is 1.23. The van der Waals surface area contributed by atoms with Gasteiger partial charge in [-0.15, -0.1) is 0 Å². The second kappa shape index (κ2) is 20.0. The molecule has 0 saturated heterocycles. The van der Waals surface area contributed by atoms with Gasteiger partial charge in [-0.25, -0.2) is 0 Å². The van der Waals surface area contributed by atoms with Crippen LogP contribution in [0.25, 0.3) is 0 Å². The minimum absolute atomic E-state index is 0.00353. The van der Waals surface area contributed by atoms with Crippen LogP contribution in [0.1, 0.15) is 68.3 Å². The topological polar surface area (TPSA) is 156 Å². The molecule has 3 N–H and O–H groups in total. The average Bonchev–Trinajstić information content (AvgIpc) is 3.09. The Bertz CT molecular complexity index is 1470. The molecular weight excluding hydrogens is 642 g/mol. The van der Waals surface area contributed by atoms with Crippen molar-refractivity contribution in [2.75, 3.05) is 54.6 Å². The van der Waals surface area contributed by atoms with E-state index in [1.807, 2.05) is 32.0 Å². The van der Waals surface area contributed by atoms with Crippen LogP contribution < -0.4 is 30.2 Å². The second-order valence-electron chi connectivity index (χ2n) is 13.0. The van der Waals surface area contributed by atoms with E-state index in [0.717, 1.165) is 5.56 Å². The Morgan fingerprint density at radius 2 is 1.68 bits per heavy atom. The molecule has 2 aromatic carbocycles. The Kier molecular flexibility index (Phi) is 15.9. The molecule has 0 aromatic heterocycles. The number of nitrogens with zero attached hydrogens (tertiary/aromatic N) is 2. The van der Waals surface area contributed by atoms with Crippen molar-refractivity contribution in [3.63, 3.8) is 0 Å². The van der Waals surface area contributed by atoms with E-state index in [2.05, 4.69) is 16.0 Å². The lowest BCUT2D eigenvalue weighted by atomic mass is 10.0. The maximum absolute atomic E-state index is 13.7. The van der Waals surface area contributed by atoms with Crippen LogP contribution in [0.4, 0.5) is 0 Å². The zero-order valence-corrected chi connectivity index (χ0v) is 30.2. The fraction of sp³-hybridized carbons (Fsp3) is 0.541. The number of para-hydroxylation sites is 1. The summed E-state index contributed by atoms with van der Waals surface area (Å²) >= 11 is 0. The fourth-order valence-corrected chi connectivity index (χ4v) is 5.69. The lowest BCUT2D eigenvalue weighted by Crippen LogP contribution is -2.48. The van der Waals surface area contributed by atoms with Gasteiger partial charge in [0.2, 0.25) is 23.6 Å². The Morgan fingerprint density at radius 1 is 0.960 bits per heavy atom. The third kappa shape index (κ3) is 12.6. The van der Waals surface area contributed by atoms with Gasteiger partial charge in [0.15, 0.2) is 11.5 Å². The van der Waals surface area contributed by atoms with Gasteiger partial charge in [0.1, 0.15) is 18.4 Å². The molecule has 0 unspecified atom stereocenters. The van der Waals surface area contributed by atoms with Crippen LogP contribution in [0.15, 0.2) is 42.5 Å². The van der Waals surface area contributed by atoms with E-state index in [1.165, 1.54) is 9.80 Å². The Labute approximate surface area is 295 Å². The third-order valence-corrected chi connectivity index (χ3v) is 8.47. The summed E-state index contributed by atoms with van der Waals surface area (Å²) in [6.07, 6.45) is 2.57. The normalized spacial score (nSPS) is 18.8. The summed E-state index contributed by atoms with van der Waals surface area (Å²) in [6.45, 7) is 4.72. The first-order chi connectivity index (χ1) is 23.9. The first-order valence-electron chi connectivity index (χ1n) is 17.2. The highest BCUT2D eigenvalue weighted by molar-refractivity contribution is 5.99. The molecule has 5 amide bonds. The standard InChI is InChI=1S/C37H53N5O8/c1-25(2)21-27-24-50-30-13-8-7-12-28(30)36(46)40-29(37(47)38-19-9-11-26-15-17-31(48-5)32(22-26)49-6)16-18-35(45)41(3)20-10-14-34(44)42(4)23-33(43)39-27/h7-8,12-13,15,17,22,25,27,29H,9-11,14,16,18-21,23-24H2,1-6H3,(H,38,47)(H,39,43)(H,40,46)/t27-,29-/m0/s1. The number of rotatable bonds is 9.